The molecule has 114 valence electrons. The van der Waals surface area contributed by atoms with E-state index in [1.54, 1.807) is 0 Å². The molecule has 0 aliphatic rings. The summed E-state index contributed by atoms with van der Waals surface area (Å²) in [5.74, 6) is 0.880. The van der Waals surface area contributed by atoms with Crippen LogP contribution in [-0.2, 0) is 6.54 Å². The fourth-order valence-corrected chi connectivity index (χ4v) is 2.12. The largest absolute Gasteiger partial charge is 0.338 e. The van der Waals surface area contributed by atoms with Gasteiger partial charge < -0.3 is 10.2 Å². The molecule has 0 aromatic carbocycles. The Morgan fingerprint density at radius 1 is 1.30 bits per heavy atom. The quantitative estimate of drug-likeness (QED) is 0.752. The SMILES string of the molecule is CCCCN(c1ncc(CNCC)c(C)n1)C(C)CC. The normalized spacial score (nSPS) is 12.4. The van der Waals surface area contributed by atoms with E-state index >= 15 is 0 Å². The van der Waals surface area contributed by atoms with E-state index in [4.69, 9.17) is 4.98 Å². The highest BCUT2D eigenvalue weighted by Crippen LogP contribution is 2.16. The molecule has 0 aliphatic carbocycles. The topological polar surface area (TPSA) is 41.1 Å². The van der Waals surface area contributed by atoms with Crippen LogP contribution in [0.5, 0.6) is 0 Å². The maximum Gasteiger partial charge on any atom is 0.225 e. The Labute approximate surface area is 124 Å². The second-order valence-electron chi connectivity index (χ2n) is 5.37. The Bertz CT molecular complexity index is 392. The van der Waals surface area contributed by atoms with Crippen molar-refractivity contribution in [1.29, 1.82) is 0 Å². The molecule has 1 unspecified atom stereocenters. The van der Waals surface area contributed by atoms with Crippen LogP contribution in [0.4, 0.5) is 5.95 Å². The number of anilines is 1. The number of hydrogen-bond donors (Lipinski definition) is 1. The van der Waals surface area contributed by atoms with E-state index in [9.17, 15) is 0 Å². The molecule has 1 atom stereocenters. The third-order valence-corrected chi connectivity index (χ3v) is 3.77. The summed E-state index contributed by atoms with van der Waals surface area (Å²) in [6.45, 7) is 13.7. The van der Waals surface area contributed by atoms with Crippen molar-refractivity contribution in [3.05, 3.63) is 17.5 Å². The predicted octanol–water partition coefficient (Wildman–Crippen LogP) is 3.30. The standard InChI is InChI=1S/C16H30N4/c1-6-9-10-20(13(4)7-2)16-18-12-15(11-17-8-3)14(5)19-16/h12-13,17H,6-11H2,1-5H3. The van der Waals surface area contributed by atoms with Crippen LogP contribution >= 0.6 is 0 Å². The molecule has 1 heterocycles. The van der Waals surface area contributed by atoms with Crippen LogP contribution in [0, 0.1) is 6.92 Å². The van der Waals surface area contributed by atoms with Crippen molar-refractivity contribution in [2.24, 2.45) is 0 Å². The summed E-state index contributed by atoms with van der Waals surface area (Å²) in [4.78, 5) is 11.7. The Hall–Kier alpha value is -1.16. The average molecular weight is 278 g/mol. The maximum atomic E-state index is 4.72. The van der Waals surface area contributed by atoms with Gasteiger partial charge >= 0.3 is 0 Å². The van der Waals surface area contributed by atoms with Crippen molar-refractivity contribution in [2.45, 2.75) is 66.5 Å². The van der Waals surface area contributed by atoms with Gasteiger partial charge in [-0.1, -0.05) is 27.2 Å². The smallest absolute Gasteiger partial charge is 0.225 e. The molecule has 1 N–H and O–H groups in total. The first-order valence-electron chi connectivity index (χ1n) is 7.93. The van der Waals surface area contributed by atoms with Gasteiger partial charge in [0.25, 0.3) is 0 Å². The third kappa shape index (κ3) is 4.75. The van der Waals surface area contributed by atoms with E-state index in [1.807, 2.05) is 6.20 Å². The fraction of sp³-hybridized carbons (Fsp3) is 0.750. The molecule has 0 bridgehead atoms. The molecule has 1 rings (SSSR count). The highest BCUT2D eigenvalue weighted by molar-refractivity contribution is 5.34. The molecule has 0 saturated carbocycles. The minimum absolute atomic E-state index is 0.487. The molecule has 0 saturated heterocycles. The summed E-state index contributed by atoms with van der Waals surface area (Å²) >= 11 is 0. The number of nitrogens with one attached hydrogen (secondary N) is 1. The van der Waals surface area contributed by atoms with Gasteiger partial charge in [0.05, 0.1) is 0 Å². The van der Waals surface area contributed by atoms with E-state index in [1.165, 1.54) is 18.4 Å². The van der Waals surface area contributed by atoms with Gasteiger partial charge in [-0.05, 0) is 33.2 Å². The van der Waals surface area contributed by atoms with Gasteiger partial charge in [-0.25, -0.2) is 9.97 Å². The highest BCUT2D eigenvalue weighted by Gasteiger charge is 2.16. The monoisotopic (exact) mass is 278 g/mol. The Morgan fingerprint density at radius 3 is 2.60 bits per heavy atom. The van der Waals surface area contributed by atoms with E-state index in [-0.39, 0.29) is 0 Å². The number of rotatable bonds is 9. The zero-order chi connectivity index (χ0) is 15.0. The first kappa shape index (κ1) is 16.9. The Balaban J connectivity index is 2.87. The second kappa shape index (κ2) is 8.90. The molecule has 0 radical (unpaired) electrons. The van der Waals surface area contributed by atoms with Gasteiger partial charge in [-0.15, -0.1) is 0 Å². The fourth-order valence-electron chi connectivity index (χ4n) is 2.12. The lowest BCUT2D eigenvalue weighted by Gasteiger charge is -2.29. The summed E-state index contributed by atoms with van der Waals surface area (Å²) in [7, 11) is 0. The molecule has 20 heavy (non-hydrogen) atoms. The molecule has 1 aromatic heterocycles. The van der Waals surface area contributed by atoms with E-state index in [0.717, 1.165) is 37.7 Å². The van der Waals surface area contributed by atoms with Gasteiger partial charge in [0.1, 0.15) is 0 Å². The van der Waals surface area contributed by atoms with Crippen LogP contribution in [0.2, 0.25) is 0 Å². The van der Waals surface area contributed by atoms with Crippen molar-refractivity contribution in [1.82, 2.24) is 15.3 Å². The molecular formula is C16H30N4. The molecule has 0 amide bonds. The van der Waals surface area contributed by atoms with Crippen LogP contribution in [0.1, 0.15) is 58.2 Å². The van der Waals surface area contributed by atoms with Crippen LogP contribution in [0.3, 0.4) is 0 Å². The van der Waals surface area contributed by atoms with E-state index in [2.05, 4.69) is 49.8 Å². The summed E-state index contributed by atoms with van der Waals surface area (Å²) in [6.07, 6.45) is 5.48. The molecule has 0 aliphatic heterocycles. The van der Waals surface area contributed by atoms with E-state index in [0.29, 0.717) is 6.04 Å². The first-order chi connectivity index (χ1) is 9.63. The molecule has 4 nitrogen and oxygen atoms in total. The number of unbranched alkanes of at least 4 members (excludes halogenated alkanes) is 1. The van der Waals surface area contributed by atoms with Crippen LogP contribution in [0.15, 0.2) is 6.20 Å². The Morgan fingerprint density at radius 2 is 2.05 bits per heavy atom. The number of aryl methyl sites for hydroxylation is 1. The summed E-state index contributed by atoms with van der Waals surface area (Å²) in [5, 5.41) is 3.33. The molecule has 1 aromatic rings. The van der Waals surface area contributed by atoms with Crippen molar-refractivity contribution in [3.8, 4) is 0 Å². The minimum Gasteiger partial charge on any atom is -0.338 e. The maximum absolute atomic E-state index is 4.72. The van der Waals surface area contributed by atoms with Crippen molar-refractivity contribution >= 4 is 5.95 Å². The van der Waals surface area contributed by atoms with Crippen LogP contribution in [0.25, 0.3) is 0 Å². The second-order valence-corrected chi connectivity index (χ2v) is 5.37. The summed E-state index contributed by atoms with van der Waals surface area (Å²) in [5.41, 5.74) is 2.27. The number of hydrogen-bond acceptors (Lipinski definition) is 4. The zero-order valence-electron chi connectivity index (χ0n) is 13.7. The summed E-state index contributed by atoms with van der Waals surface area (Å²) in [6, 6.07) is 0.487. The van der Waals surface area contributed by atoms with Crippen molar-refractivity contribution < 1.29 is 0 Å². The van der Waals surface area contributed by atoms with Gasteiger partial charge in [0.2, 0.25) is 5.95 Å². The number of nitrogens with zero attached hydrogens (tertiary/aromatic N) is 3. The highest BCUT2D eigenvalue weighted by atomic mass is 15.3. The lowest BCUT2D eigenvalue weighted by atomic mass is 10.2. The van der Waals surface area contributed by atoms with Crippen molar-refractivity contribution in [3.63, 3.8) is 0 Å². The zero-order valence-corrected chi connectivity index (χ0v) is 13.7. The average Bonchev–Trinajstić information content (AvgIpc) is 2.46. The number of aromatic nitrogens is 2. The third-order valence-electron chi connectivity index (χ3n) is 3.77. The minimum atomic E-state index is 0.487. The molecule has 4 heteroatoms. The van der Waals surface area contributed by atoms with Gasteiger partial charge in [-0.3, -0.25) is 0 Å². The lowest BCUT2D eigenvalue weighted by Crippen LogP contribution is -2.35. The molecular weight excluding hydrogens is 248 g/mol. The van der Waals surface area contributed by atoms with Crippen molar-refractivity contribution in [2.75, 3.05) is 18.0 Å². The van der Waals surface area contributed by atoms with E-state index < -0.39 is 0 Å². The Kier molecular flexibility index (Phi) is 7.52. The van der Waals surface area contributed by atoms with Gasteiger partial charge in [-0.2, -0.15) is 0 Å². The first-order valence-corrected chi connectivity index (χ1v) is 7.93. The lowest BCUT2D eigenvalue weighted by molar-refractivity contribution is 0.580. The molecule has 0 fully saturated rings. The van der Waals surface area contributed by atoms with Crippen LogP contribution < -0.4 is 10.2 Å². The van der Waals surface area contributed by atoms with Gasteiger partial charge in [0.15, 0.2) is 0 Å². The van der Waals surface area contributed by atoms with Crippen LogP contribution in [-0.4, -0.2) is 29.1 Å². The predicted molar refractivity (Wildman–Crippen MR) is 86.2 cm³/mol. The summed E-state index contributed by atoms with van der Waals surface area (Å²) < 4.78 is 0. The van der Waals surface area contributed by atoms with Gasteiger partial charge in [0, 0.05) is 36.6 Å². The molecule has 0 spiro atoms.